The Labute approximate surface area is 103 Å². The lowest BCUT2D eigenvalue weighted by molar-refractivity contribution is -0.380. The minimum absolute atomic E-state index is 0.103. The van der Waals surface area contributed by atoms with E-state index in [9.17, 15) is 14.9 Å². The summed E-state index contributed by atoms with van der Waals surface area (Å²) in [5, 5.41) is 14.8. The van der Waals surface area contributed by atoms with Gasteiger partial charge in [-0.1, -0.05) is 0 Å². The van der Waals surface area contributed by atoms with Crippen LogP contribution in [0.2, 0.25) is 0 Å². The van der Waals surface area contributed by atoms with Gasteiger partial charge >= 0.3 is 5.00 Å². The molecule has 1 amide bonds. The fourth-order valence-electron chi connectivity index (χ4n) is 1.06. The largest absolute Gasteiger partial charge is 0.345 e. The highest BCUT2D eigenvalue weighted by Crippen LogP contribution is 2.24. The monoisotopic (exact) mass is 270 g/mol. The molecule has 0 saturated heterocycles. The highest BCUT2D eigenvalue weighted by molar-refractivity contribution is 7.18. The summed E-state index contributed by atoms with van der Waals surface area (Å²) >= 11 is 2.22. The van der Waals surface area contributed by atoms with Gasteiger partial charge < -0.3 is 5.32 Å². The van der Waals surface area contributed by atoms with Crippen molar-refractivity contribution in [2.45, 2.75) is 6.42 Å². The second-order valence-electron chi connectivity index (χ2n) is 2.97. The zero-order valence-electron chi connectivity index (χ0n) is 8.32. The van der Waals surface area contributed by atoms with Gasteiger partial charge in [0.25, 0.3) is 0 Å². The van der Waals surface area contributed by atoms with E-state index in [2.05, 4.69) is 15.3 Å². The van der Waals surface area contributed by atoms with Crippen molar-refractivity contribution in [1.82, 2.24) is 9.97 Å². The van der Waals surface area contributed by atoms with E-state index in [0.717, 1.165) is 17.5 Å². The predicted octanol–water partition coefficient (Wildman–Crippen LogP) is 1.69. The van der Waals surface area contributed by atoms with Crippen LogP contribution in [0.4, 0.5) is 10.1 Å². The molecule has 0 spiro atoms. The summed E-state index contributed by atoms with van der Waals surface area (Å²) in [6, 6.07) is 0. The summed E-state index contributed by atoms with van der Waals surface area (Å²) in [5.74, 6) is -0.292. The molecule has 2 heterocycles. The molecule has 0 unspecified atom stereocenters. The van der Waals surface area contributed by atoms with Crippen LogP contribution < -0.4 is 5.32 Å². The first-order valence-electron chi connectivity index (χ1n) is 4.42. The van der Waals surface area contributed by atoms with Gasteiger partial charge in [0, 0.05) is 5.38 Å². The number of thiazole rings is 2. The van der Waals surface area contributed by atoms with E-state index in [4.69, 9.17) is 0 Å². The highest BCUT2D eigenvalue weighted by Gasteiger charge is 2.13. The highest BCUT2D eigenvalue weighted by atomic mass is 32.1. The molecular formula is C8H6N4O3S2. The van der Waals surface area contributed by atoms with Crippen LogP contribution in [0, 0.1) is 10.1 Å². The van der Waals surface area contributed by atoms with Crippen LogP contribution in [-0.2, 0) is 11.2 Å². The molecule has 0 fully saturated rings. The van der Waals surface area contributed by atoms with Crippen molar-refractivity contribution >= 4 is 38.7 Å². The van der Waals surface area contributed by atoms with Gasteiger partial charge in [-0.3, -0.25) is 14.9 Å². The summed E-state index contributed by atoms with van der Waals surface area (Å²) in [7, 11) is 0. The van der Waals surface area contributed by atoms with E-state index in [0.29, 0.717) is 5.69 Å². The van der Waals surface area contributed by atoms with Crippen molar-refractivity contribution < 1.29 is 9.72 Å². The van der Waals surface area contributed by atoms with Crippen LogP contribution in [0.25, 0.3) is 0 Å². The molecule has 88 valence electrons. The summed E-state index contributed by atoms with van der Waals surface area (Å²) in [6.45, 7) is 0. The minimum atomic E-state index is -0.548. The topological polar surface area (TPSA) is 98.0 Å². The van der Waals surface area contributed by atoms with Crippen LogP contribution in [0.1, 0.15) is 5.69 Å². The standard InChI is InChI=1S/C8H6N4O3S2/c13-6(1-5-3-16-4-10-5)11-8-9-2-7(17-8)12(14)15/h2-4H,1H2,(H,9,11,13). The summed E-state index contributed by atoms with van der Waals surface area (Å²) in [5.41, 5.74) is 2.30. The van der Waals surface area contributed by atoms with Crippen molar-refractivity contribution in [3.05, 3.63) is 32.9 Å². The van der Waals surface area contributed by atoms with Crippen molar-refractivity contribution in [3.8, 4) is 0 Å². The van der Waals surface area contributed by atoms with E-state index in [1.165, 1.54) is 11.3 Å². The number of nitro groups is 1. The van der Waals surface area contributed by atoms with E-state index in [1.807, 2.05) is 0 Å². The van der Waals surface area contributed by atoms with Crippen molar-refractivity contribution in [1.29, 1.82) is 0 Å². The van der Waals surface area contributed by atoms with Crippen LogP contribution in [-0.4, -0.2) is 20.8 Å². The van der Waals surface area contributed by atoms with Crippen LogP contribution in [0.5, 0.6) is 0 Å². The number of hydrogen-bond acceptors (Lipinski definition) is 7. The molecule has 17 heavy (non-hydrogen) atoms. The first-order valence-corrected chi connectivity index (χ1v) is 6.18. The third kappa shape index (κ3) is 3.04. The number of carbonyl (C=O) groups excluding carboxylic acids is 1. The molecule has 0 radical (unpaired) electrons. The number of anilines is 1. The average Bonchev–Trinajstić information content (AvgIpc) is 2.88. The Balaban J connectivity index is 1.96. The first kappa shape index (κ1) is 11.6. The Kier molecular flexibility index (Phi) is 3.40. The number of nitrogens with zero attached hydrogens (tertiary/aromatic N) is 3. The van der Waals surface area contributed by atoms with Crippen LogP contribution >= 0.6 is 22.7 Å². The smallest absolute Gasteiger partial charge is 0.301 e. The quantitative estimate of drug-likeness (QED) is 0.673. The fraction of sp³-hybridized carbons (Fsp3) is 0.125. The van der Waals surface area contributed by atoms with E-state index in [-0.39, 0.29) is 22.5 Å². The third-order valence-corrected chi connectivity index (χ3v) is 3.24. The number of carbonyl (C=O) groups is 1. The molecule has 7 nitrogen and oxygen atoms in total. The Hall–Kier alpha value is -1.87. The second kappa shape index (κ2) is 4.97. The molecular weight excluding hydrogens is 264 g/mol. The molecule has 0 aliphatic carbocycles. The molecule has 1 N–H and O–H groups in total. The normalized spacial score (nSPS) is 10.1. The zero-order chi connectivity index (χ0) is 12.3. The van der Waals surface area contributed by atoms with Gasteiger partial charge in [0.1, 0.15) is 6.20 Å². The van der Waals surface area contributed by atoms with Gasteiger partial charge in [-0.05, 0) is 11.3 Å². The lowest BCUT2D eigenvalue weighted by atomic mass is 10.3. The fourth-order valence-corrected chi connectivity index (χ4v) is 2.27. The lowest BCUT2D eigenvalue weighted by Crippen LogP contribution is -2.14. The van der Waals surface area contributed by atoms with E-state index in [1.54, 1.807) is 10.9 Å². The first-order chi connectivity index (χ1) is 8.15. The maximum absolute atomic E-state index is 11.5. The predicted molar refractivity (Wildman–Crippen MR) is 63.2 cm³/mol. The number of rotatable bonds is 4. The van der Waals surface area contributed by atoms with Gasteiger partial charge in [-0.2, -0.15) is 0 Å². The summed E-state index contributed by atoms with van der Waals surface area (Å²) in [6.07, 6.45) is 1.25. The van der Waals surface area contributed by atoms with Crippen molar-refractivity contribution in [2.24, 2.45) is 0 Å². The average molecular weight is 270 g/mol. The molecule has 0 aliphatic heterocycles. The Morgan fingerprint density at radius 3 is 2.94 bits per heavy atom. The number of amides is 1. The molecule has 0 aliphatic rings. The Bertz CT molecular complexity index is 537. The maximum atomic E-state index is 11.5. The molecule has 0 bridgehead atoms. The molecule has 9 heteroatoms. The van der Waals surface area contributed by atoms with Crippen LogP contribution in [0.3, 0.4) is 0 Å². The molecule has 2 aromatic heterocycles. The third-order valence-electron chi connectivity index (χ3n) is 1.74. The van der Waals surface area contributed by atoms with Crippen molar-refractivity contribution in [2.75, 3.05) is 5.32 Å². The van der Waals surface area contributed by atoms with Crippen LogP contribution in [0.15, 0.2) is 17.1 Å². The molecule has 2 aromatic rings. The Morgan fingerprint density at radius 1 is 1.53 bits per heavy atom. The molecule has 0 aromatic carbocycles. The maximum Gasteiger partial charge on any atom is 0.345 e. The molecule has 0 saturated carbocycles. The van der Waals surface area contributed by atoms with Gasteiger partial charge in [-0.15, -0.1) is 11.3 Å². The number of aromatic nitrogens is 2. The zero-order valence-corrected chi connectivity index (χ0v) is 9.96. The minimum Gasteiger partial charge on any atom is -0.301 e. The van der Waals surface area contributed by atoms with Gasteiger partial charge in [0.2, 0.25) is 5.91 Å². The summed E-state index contributed by atoms with van der Waals surface area (Å²) in [4.78, 5) is 29.1. The SMILES string of the molecule is O=C(Cc1cscn1)Nc1ncc([N+](=O)[O-])s1. The van der Waals surface area contributed by atoms with Gasteiger partial charge in [-0.25, -0.2) is 9.97 Å². The van der Waals surface area contributed by atoms with E-state index < -0.39 is 4.92 Å². The second-order valence-corrected chi connectivity index (χ2v) is 4.69. The Morgan fingerprint density at radius 2 is 2.35 bits per heavy atom. The lowest BCUT2D eigenvalue weighted by Gasteiger charge is -1.97. The number of nitrogens with one attached hydrogen (secondary N) is 1. The molecule has 2 rings (SSSR count). The number of hydrogen-bond donors (Lipinski definition) is 1. The van der Waals surface area contributed by atoms with Crippen molar-refractivity contribution in [3.63, 3.8) is 0 Å². The molecule has 0 atom stereocenters. The van der Waals surface area contributed by atoms with E-state index >= 15 is 0 Å². The summed E-state index contributed by atoms with van der Waals surface area (Å²) < 4.78 is 0. The van der Waals surface area contributed by atoms with Gasteiger partial charge in [0.05, 0.1) is 22.5 Å². The van der Waals surface area contributed by atoms with Gasteiger partial charge in [0.15, 0.2) is 5.13 Å².